The van der Waals surface area contributed by atoms with Gasteiger partial charge >= 0.3 is 0 Å². The summed E-state index contributed by atoms with van der Waals surface area (Å²) in [5.74, 6) is 0.745. The van der Waals surface area contributed by atoms with Gasteiger partial charge < -0.3 is 10.1 Å². The largest absolute Gasteiger partial charge is 0.488 e. The molecule has 0 saturated heterocycles. The standard InChI is InChI=1S/C28H26N2O2/c1-2-23-9-3-4-10-25(23)26-11-5-6-12-27(26)32-20-21-13-15-24(16-14-21)28(31)30-19-22-8-7-17-29-18-22/h3-18H,2,19-20H2,1H3,(H,30,31). The maximum atomic E-state index is 12.4. The predicted octanol–water partition coefficient (Wildman–Crippen LogP) is 5.82. The first-order valence-electron chi connectivity index (χ1n) is 10.8. The van der Waals surface area contributed by atoms with Gasteiger partial charge in [-0.05, 0) is 52.9 Å². The minimum atomic E-state index is -0.108. The van der Waals surface area contributed by atoms with E-state index in [4.69, 9.17) is 4.74 Å². The fraction of sp³-hybridized carbons (Fsp3) is 0.143. The van der Waals surface area contributed by atoms with Crippen molar-refractivity contribution in [2.75, 3.05) is 0 Å². The highest BCUT2D eigenvalue weighted by Crippen LogP contribution is 2.33. The molecule has 0 aliphatic heterocycles. The zero-order valence-electron chi connectivity index (χ0n) is 18.1. The van der Waals surface area contributed by atoms with Gasteiger partial charge in [0, 0.05) is 30.1 Å². The van der Waals surface area contributed by atoms with Gasteiger partial charge in [-0.1, -0.05) is 67.6 Å². The molecule has 0 atom stereocenters. The fourth-order valence-electron chi connectivity index (χ4n) is 3.61. The van der Waals surface area contributed by atoms with Crippen LogP contribution in [0.5, 0.6) is 5.75 Å². The summed E-state index contributed by atoms with van der Waals surface area (Å²) < 4.78 is 6.18. The third-order valence-corrected chi connectivity index (χ3v) is 5.36. The van der Waals surface area contributed by atoms with Crippen LogP contribution in [-0.2, 0) is 19.6 Å². The minimum absolute atomic E-state index is 0.108. The molecule has 32 heavy (non-hydrogen) atoms. The van der Waals surface area contributed by atoms with E-state index in [0.717, 1.165) is 28.9 Å². The van der Waals surface area contributed by atoms with Gasteiger partial charge in [0.2, 0.25) is 0 Å². The average Bonchev–Trinajstić information content (AvgIpc) is 2.87. The summed E-state index contributed by atoms with van der Waals surface area (Å²) in [6.07, 6.45) is 4.43. The van der Waals surface area contributed by atoms with Gasteiger partial charge in [-0.2, -0.15) is 0 Å². The van der Waals surface area contributed by atoms with E-state index in [-0.39, 0.29) is 5.91 Å². The van der Waals surface area contributed by atoms with Crippen molar-refractivity contribution in [3.8, 4) is 16.9 Å². The summed E-state index contributed by atoms with van der Waals surface area (Å²) in [7, 11) is 0. The van der Waals surface area contributed by atoms with Gasteiger partial charge in [0.25, 0.3) is 5.91 Å². The maximum Gasteiger partial charge on any atom is 0.251 e. The van der Waals surface area contributed by atoms with E-state index in [1.165, 1.54) is 11.1 Å². The topological polar surface area (TPSA) is 51.2 Å². The number of ether oxygens (including phenoxy) is 1. The number of aromatic nitrogens is 1. The van der Waals surface area contributed by atoms with Crippen LogP contribution in [0, 0.1) is 0 Å². The third kappa shape index (κ3) is 5.22. The van der Waals surface area contributed by atoms with Gasteiger partial charge in [-0.25, -0.2) is 0 Å². The lowest BCUT2D eigenvalue weighted by Gasteiger charge is -2.14. The molecule has 3 aromatic carbocycles. The predicted molar refractivity (Wildman–Crippen MR) is 127 cm³/mol. The molecular formula is C28H26N2O2. The molecule has 4 nitrogen and oxygen atoms in total. The minimum Gasteiger partial charge on any atom is -0.488 e. The van der Waals surface area contributed by atoms with E-state index in [0.29, 0.717) is 18.7 Å². The van der Waals surface area contributed by atoms with Gasteiger partial charge in [0.1, 0.15) is 12.4 Å². The second-order valence-electron chi connectivity index (χ2n) is 7.54. The van der Waals surface area contributed by atoms with Gasteiger partial charge in [-0.15, -0.1) is 0 Å². The Kier molecular flexibility index (Phi) is 6.93. The highest BCUT2D eigenvalue weighted by atomic mass is 16.5. The highest BCUT2D eigenvalue weighted by molar-refractivity contribution is 5.94. The molecule has 0 spiro atoms. The molecule has 1 amide bonds. The smallest absolute Gasteiger partial charge is 0.251 e. The number of benzene rings is 3. The van der Waals surface area contributed by atoms with E-state index in [1.54, 1.807) is 12.4 Å². The van der Waals surface area contributed by atoms with Crippen molar-refractivity contribution < 1.29 is 9.53 Å². The van der Waals surface area contributed by atoms with Crippen LogP contribution in [0.3, 0.4) is 0 Å². The van der Waals surface area contributed by atoms with Gasteiger partial charge in [0.15, 0.2) is 0 Å². The molecule has 0 saturated carbocycles. The lowest BCUT2D eigenvalue weighted by molar-refractivity contribution is 0.0951. The molecule has 0 bridgehead atoms. The molecule has 0 aliphatic carbocycles. The Balaban J connectivity index is 1.40. The van der Waals surface area contributed by atoms with Crippen molar-refractivity contribution >= 4 is 5.91 Å². The Bertz CT molecular complexity index is 1170. The van der Waals surface area contributed by atoms with Crippen molar-refractivity contribution in [2.45, 2.75) is 26.5 Å². The zero-order valence-corrected chi connectivity index (χ0v) is 18.1. The van der Waals surface area contributed by atoms with E-state index >= 15 is 0 Å². The average molecular weight is 423 g/mol. The quantitative estimate of drug-likeness (QED) is 0.389. The number of hydrogen-bond acceptors (Lipinski definition) is 3. The summed E-state index contributed by atoms with van der Waals surface area (Å²) in [5, 5.41) is 2.92. The number of rotatable bonds is 8. The Hall–Kier alpha value is -3.92. The molecule has 4 rings (SSSR count). The van der Waals surface area contributed by atoms with Crippen LogP contribution in [0.1, 0.15) is 34.0 Å². The van der Waals surface area contributed by atoms with Crippen molar-refractivity contribution in [3.05, 3.63) is 120 Å². The monoisotopic (exact) mass is 422 g/mol. The molecular weight excluding hydrogens is 396 g/mol. The second kappa shape index (κ2) is 10.4. The summed E-state index contributed by atoms with van der Waals surface area (Å²) in [5.41, 5.74) is 6.18. The lowest BCUT2D eigenvalue weighted by atomic mass is 9.97. The number of nitrogens with one attached hydrogen (secondary N) is 1. The van der Waals surface area contributed by atoms with Crippen LogP contribution in [0.15, 0.2) is 97.3 Å². The van der Waals surface area contributed by atoms with Crippen LogP contribution in [0.2, 0.25) is 0 Å². The molecule has 0 unspecified atom stereocenters. The Labute approximate surface area is 188 Å². The molecule has 4 heteroatoms. The third-order valence-electron chi connectivity index (χ3n) is 5.36. The molecule has 0 aliphatic rings. The van der Waals surface area contributed by atoms with Crippen molar-refractivity contribution in [3.63, 3.8) is 0 Å². The van der Waals surface area contributed by atoms with E-state index in [2.05, 4.69) is 47.6 Å². The number of hydrogen-bond donors (Lipinski definition) is 1. The van der Waals surface area contributed by atoms with E-state index in [9.17, 15) is 4.79 Å². The highest BCUT2D eigenvalue weighted by Gasteiger charge is 2.10. The molecule has 160 valence electrons. The summed E-state index contributed by atoms with van der Waals surface area (Å²) in [6.45, 7) is 3.05. The summed E-state index contributed by atoms with van der Waals surface area (Å²) in [4.78, 5) is 16.5. The molecule has 0 fully saturated rings. The molecule has 0 radical (unpaired) electrons. The normalized spacial score (nSPS) is 10.5. The van der Waals surface area contributed by atoms with Crippen LogP contribution < -0.4 is 10.1 Å². The number of aryl methyl sites for hydroxylation is 1. The van der Waals surface area contributed by atoms with Crippen LogP contribution in [0.25, 0.3) is 11.1 Å². The SMILES string of the molecule is CCc1ccccc1-c1ccccc1OCc1ccc(C(=O)NCc2cccnc2)cc1. The zero-order chi connectivity index (χ0) is 22.2. The fourth-order valence-corrected chi connectivity index (χ4v) is 3.61. The Morgan fingerprint density at radius 1 is 0.844 bits per heavy atom. The first kappa shape index (κ1) is 21.3. The van der Waals surface area contributed by atoms with Crippen molar-refractivity contribution in [2.24, 2.45) is 0 Å². The van der Waals surface area contributed by atoms with Gasteiger partial charge in [0.05, 0.1) is 0 Å². The summed E-state index contributed by atoms with van der Waals surface area (Å²) >= 11 is 0. The second-order valence-corrected chi connectivity index (χ2v) is 7.54. The van der Waals surface area contributed by atoms with Gasteiger partial charge in [-0.3, -0.25) is 9.78 Å². The van der Waals surface area contributed by atoms with Crippen LogP contribution >= 0.6 is 0 Å². The number of carbonyl (C=O) groups is 1. The van der Waals surface area contributed by atoms with E-state index in [1.807, 2.05) is 54.6 Å². The molecule has 1 aromatic heterocycles. The maximum absolute atomic E-state index is 12.4. The number of para-hydroxylation sites is 1. The molecule has 1 N–H and O–H groups in total. The number of pyridine rings is 1. The first-order chi connectivity index (χ1) is 15.7. The first-order valence-corrected chi connectivity index (χ1v) is 10.8. The number of nitrogens with zero attached hydrogens (tertiary/aromatic N) is 1. The Morgan fingerprint density at radius 3 is 2.34 bits per heavy atom. The molecule has 1 heterocycles. The van der Waals surface area contributed by atoms with E-state index < -0.39 is 0 Å². The lowest BCUT2D eigenvalue weighted by Crippen LogP contribution is -2.22. The summed E-state index contributed by atoms with van der Waals surface area (Å²) in [6, 6.07) is 27.9. The van der Waals surface area contributed by atoms with Crippen molar-refractivity contribution in [1.29, 1.82) is 0 Å². The van der Waals surface area contributed by atoms with Crippen LogP contribution in [-0.4, -0.2) is 10.9 Å². The number of amides is 1. The molecule has 4 aromatic rings. The van der Waals surface area contributed by atoms with Crippen molar-refractivity contribution in [1.82, 2.24) is 10.3 Å². The number of carbonyl (C=O) groups excluding carboxylic acids is 1. The Morgan fingerprint density at radius 2 is 1.59 bits per heavy atom. The van der Waals surface area contributed by atoms with Crippen LogP contribution in [0.4, 0.5) is 0 Å².